The van der Waals surface area contributed by atoms with E-state index in [1.807, 2.05) is 79.1 Å². The summed E-state index contributed by atoms with van der Waals surface area (Å²) in [5, 5.41) is 13.4. The number of hydrogen-bond acceptors (Lipinski definition) is 3. The van der Waals surface area contributed by atoms with Crippen LogP contribution in [0.25, 0.3) is 0 Å². The molecular weight excluding hydrogens is 279 g/mol. The Balaban J connectivity index is 2.09. The highest BCUT2D eigenvalue weighted by Crippen LogP contribution is 2.08. The molecule has 0 aliphatic rings. The largest absolute Gasteiger partial charge is 0.528 e. The molecular formula is C13H14BN8-. The SMILES string of the molecule is Cn1[c-][n+]([B-](n2cccn2)(n2cccn2)n2cccn2)cc1. The molecule has 0 aliphatic carbocycles. The van der Waals surface area contributed by atoms with E-state index in [0.29, 0.717) is 0 Å². The molecule has 0 aromatic carbocycles. The average molecular weight is 293 g/mol. The third kappa shape index (κ3) is 1.65. The van der Waals surface area contributed by atoms with Crippen LogP contribution in [-0.4, -0.2) is 40.3 Å². The highest BCUT2D eigenvalue weighted by Gasteiger charge is 2.41. The quantitative estimate of drug-likeness (QED) is 0.381. The van der Waals surface area contributed by atoms with E-state index in [1.165, 1.54) is 0 Å². The lowest BCUT2D eigenvalue weighted by molar-refractivity contribution is -0.561. The van der Waals surface area contributed by atoms with Crippen molar-refractivity contribution in [3.05, 3.63) is 74.1 Å². The van der Waals surface area contributed by atoms with Crippen molar-refractivity contribution in [2.24, 2.45) is 7.05 Å². The van der Waals surface area contributed by atoms with Gasteiger partial charge in [0.1, 0.15) is 0 Å². The molecule has 8 nitrogen and oxygen atoms in total. The van der Waals surface area contributed by atoms with Crippen molar-refractivity contribution in [2.75, 3.05) is 0 Å². The first-order valence-corrected chi connectivity index (χ1v) is 6.93. The smallest absolute Gasteiger partial charge is 0.490 e. The maximum atomic E-state index is 4.46. The Kier molecular flexibility index (Phi) is 2.71. The van der Waals surface area contributed by atoms with Gasteiger partial charge in [0.05, 0.1) is 7.05 Å². The summed E-state index contributed by atoms with van der Waals surface area (Å²) in [6.07, 6.45) is 18.0. The first kappa shape index (κ1) is 12.6. The van der Waals surface area contributed by atoms with Gasteiger partial charge in [-0.2, -0.15) is 0 Å². The van der Waals surface area contributed by atoms with Crippen molar-refractivity contribution in [3.8, 4) is 0 Å². The van der Waals surface area contributed by atoms with E-state index in [4.69, 9.17) is 0 Å². The first-order chi connectivity index (χ1) is 10.8. The van der Waals surface area contributed by atoms with Crippen molar-refractivity contribution >= 4 is 6.69 Å². The van der Waals surface area contributed by atoms with E-state index in [2.05, 4.69) is 21.6 Å². The second kappa shape index (κ2) is 4.73. The van der Waals surface area contributed by atoms with Crippen LogP contribution < -0.4 is 4.48 Å². The molecule has 0 bridgehead atoms. The first-order valence-electron chi connectivity index (χ1n) is 6.93. The van der Waals surface area contributed by atoms with Gasteiger partial charge in [-0.15, -0.1) is 0 Å². The van der Waals surface area contributed by atoms with E-state index in [1.54, 1.807) is 18.6 Å². The second-order valence-electron chi connectivity index (χ2n) is 5.07. The molecule has 4 aromatic heterocycles. The molecule has 9 heteroatoms. The van der Waals surface area contributed by atoms with Gasteiger partial charge in [-0.1, -0.05) is 6.20 Å². The lowest BCUT2D eigenvalue weighted by atomic mass is 9.74. The van der Waals surface area contributed by atoms with Crippen LogP contribution in [0.2, 0.25) is 0 Å². The summed E-state index contributed by atoms with van der Waals surface area (Å²) in [4.78, 5) is 0. The Bertz CT molecular complexity index is 760. The molecule has 0 atom stereocenters. The van der Waals surface area contributed by atoms with E-state index >= 15 is 0 Å². The highest BCUT2D eigenvalue weighted by molar-refractivity contribution is 6.65. The number of nitrogens with zero attached hydrogens (tertiary/aromatic N) is 8. The third-order valence-corrected chi connectivity index (χ3v) is 3.74. The summed E-state index contributed by atoms with van der Waals surface area (Å²) >= 11 is 0. The van der Waals surface area contributed by atoms with Crippen LogP contribution in [0.15, 0.2) is 67.8 Å². The molecule has 0 N–H and O–H groups in total. The Hall–Kier alpha value is -3.10. The van der Waals surface area contributed by atoms with Gasteiger partial charge in [0.2, 0.25) is 0 Å². The van der Waals surface area contributed by atoms with E-state index in [-0.39, 0.29) is 0 Å². The molecule has 4 rings (SSSR count). The summed E-state index contributed by atoms with van der Waals surface area (Å²) in [6, 6.07) is 5.65. The van der Waals surface area contributed by atoms with Crippen molar-refractivity contribution in [2.45, 2.75) is 0 Å². The van der Waals surface area contributed by atoms with E-state index in [9.17, 15) is 0 Å². The molecule has 0 saturated carbocycles. The number of aryl methyl sites for hydroxylation is 1. The standard InChI is InChI=1S/C13H14BN8/c1-18-11-12-19(13-18)14(20-8-2-5-15-20,21-9-3-6-16-21)22-10-4-7-17-22/h2-12H,1H3/q-1. The predicted molar refractivity (Wildman–Crippen MR) is 78.5 cm³/mol. The minimum absolute atomic E-state index is 1.74. The number of imidazole rings is 1. The molecule has 0 fully saturated rings. The van der Waals surface area contributed by atoms with Crippen molar-refractivity contribution in [1.29, 1.82) is 0 Å². The summed E-state index contributed by atoms with van der Waals surface area (Å²) in [6.45, 7) is -1.82. The monoisotopic (exact) mass is 293 g/mol. The third-order valence-electron chi connectivity index (χ3n) is 3.74. The van der Waals surface area contributed by atoms with Crippen molar-refractivity contribution in [1.82, 2.24) is 33.6 Å². The molecule has 4 heterocycles. The molecule has 0 spiro atoms. The van der Waals surface area contributed by atoms with Gasteiger partial charge >= 0.3 is 6.69 Å². The van der Waals surface area contributed by atoms with Gasteiger partial charge in [-0.3, -0.25) is 0 Å². The zero-order valence-corrected chi connectivity index (χ0v) is 12.0. The molecule has 0 radical (unpaired) electrons. The molecule has 22 heavy (non-hydrogen) atoms. The van der Waals surface area contributed by atoms with Crippen LogP contribution in [0.1, 0.15) is 0 Å². The summed E-state index contributed by atoms with van der Waals surface area (Å²) in [7, 11) is 1.92. The number of hydrogen-bond donors (Lipinski definition) is 0. The summed E-state index contributed by atoms with van der Waals surface area (Å²) < 4.78 is 9.32. The number of aromatic nitrogens is 8. The zero-order valence-electron chi connectivity index (χ0n) is 12.0. The Labute approximate surface area is 126 Å². The number of rotatable bonds is 4. The minimum Gasteiger partial charge on any atom is -0.490 e. The van der Waals surface area contributed by atoms with Crippen LogP contribution in [0.3, 0.4) is 0 Å². The van der Waals surface area contributed by atoms with Crippen molar-refractivity contribution in [3.63, 3.8) is 0 Å². The lowest BCUT2D eigenvalue weighted by Gasteiger charge is -2.39. The van der Waals surface area contributed by atoms with Gasteiger partial charge in [-0.25, -0.2) is 15.3 Å². The summed E-state index contributed by atoms with van der Waals surface area (Å²) in [5.74, 6) is 0. The van der Waals surface area contributed by atoms with Crippen LogP contribution in [0, 0.1) is 6.33 Å². The highest BCUT2D eigenvalue weighted by atomic mass is 15.5. The van der Waals surface area contributed by atoms with E-state index in [0.717, 1.165) is 0 Å². The van der Waals surface area contributed by atoms with Crippen LogP contribution in [-0.2, 0) is 7.05 Å². The predicted octanol–water partition coefficient (Wildman–Crippen LogP) is -0.369. The van der Waals surface area contributed by atoms with Gasteiger partial charge in [-0.05, 0) is 43.0 Å². The fraction of sp³-hybridized carbons (Fsp3) is 0.0769. The maximum Gasteiger partial charge on any atom is 0.528 e. The Morgan fingerprint density at radius 3 is 1.64 bits per heavy atom. The molecule has 0 unspecified atom stereocenters. The topological polar surface area (TPSA) is 62.3 Å². The molecule has 0 saturated heterocycles. The Morgan fingerprint density at radius 1 is 0.818 bits per heavy atom. The molecule has 0 aliphatic heterocycles. The average Bonchev–Trinajstić information content (AvgIpc) is 3.31. The van der Waals surface area contributed by atoms with Crippen LogP contribution in [0.4, 0.5) is 0 Å². The molecule has 4 aromatic rings. The zero-order chi connectivity index (χ0) is 15.0. The minimum atomic E-state index is -1.82. The second-order valence-corrected chi connectivity index (χ2v) is 5.07. The fourth-order valence-corrected chi connectivity index (χ4v) is 2.82. The molecule has 0 amide bonds. The van der Waals surface area contributed by atoms with Crippen LogP contribution in [0.5, 0.6) is 0 Å². The Morgan fingerprint density at radius 2 is 1.32 bits per heavy atom. The van der Waals surface area contributed by atoms with Gasteiger partial charge < -0.3 is 22.8 Å². The lowest BCUT2D eigenvalue weighted by Crippen LogP contribution is -2.79. The van der Waals surface area contributed by atoms with Gasteiger partial charge in [0.15, 0.2) is 6.33 Å². The van der Waals surface area contributed by atoms with Crippen LogP contribution >= 0.6 is 0 Å². The van der Waals surface area contributed by atoms with Gasteiger partial charge in [0.25, 0.3) is 0 Å². The summed E-state index contributed by atoms with van der Waals surface area (Å²) in [5.41, 5.74) is 0. The maximum absolute atomic E-state index is 4.46. The molecule has 110 valence electrons. The van der Waals surface area contributed by atoms with Gasteiger partial charge in [0, 0.05) is 18.6 Å². The fourth-order valence-electron chi connectivity index (χ4n) is 2.82. The van der Waals surface area contributed by atoms with Crippen molar-refractivity contribution < 1.29 is 4.48 Å². The van der Waals surface area contributed by atoms with E-state index < -0.39 is 6.69 Å². The normalized spacial score (nSPS) is 11.9.